The van der Waals surface area contributed by atoms with Gasteiger partial charge in [0.2, 0.25) is 0 Å². The van der Waals surface area contributed by atoms with Crippen molar-refractivity contribution in [2.75, 3.05) is 13.2 Å². The lowest BCUT2D eigenvalue weighted by molar-refractivity contribution is 0.0671. The molecule has 1 atom stereocenters. The zero-order valence-corrected chi connectivity index (χ0v) is 13.7. The predicted molar refractivity (Wildman–Crippen MR) is 88.7 cm³/mol. The summed E-state index contributed by atoms with van der Waals surface area (Å²) in [7, 11) is 0. The van der Waals surface area contributed by atoms with Crippen molar-refractivity contribution in [1.29, 1.82) is 0 Å². The topological polar surface area (TPSA) is 25.4 Å². The zero-order valence-electron chi connectivity index (χ0n) is 12.9. The van der Waals surface area contributed by atoms with Crippen molar-refractivity contribution >= 4 is 11.6 Å². The van der Waals surface area contributed by atoms with Crippen molar-refractivity contribution in [3.8, 4) is 0 Å². The average molecular weight is 335 g/mol. The molecule has 5 heteroatoms. The molecule has 0 aliphatic carbocycles. The van der Waals surface area contributed by atoms with E-state index in [-0.39, 0.29) is 16.9 Å². The first kappa shape index (κ1) is 16.4. The molecule has 2 aromatic rings. The molecule has 1 aliphatic heterocycles. The van der Waals surface area contributed by atoms with Gasteiger partial charge in [-0.15, -0.1) is 0 Å². The van der Waals surface area contributed by atoms with Gasteiger partial charge in [-0.2, -0.15) is 0 Å². The summed E-state index contributed by atoms with van der Waals surface area (Å²) in [6, 6.07) is 11.0. The molecule has 0 spiro atoms. The number of pyridine rings is 1. The first-order valence-corrected chi connectivity index (χ1v) is 8.27. The van der Waals surface area contributed by atoms with Gasteiger partial charge in [0.25, 0.3) is 0 Å². The van der Waals surface area contributed by atoms with Crippen LogP contribution in [0.1, 0.15) is 24.1 Å². The van der Waals surface area contributed by atoms with Crippen LogP contribution in [0.4, 0.5) is 4.39 Å². The molecule has 2 heterocycles. The Hall–Kier alpha value is -1.49. The summed E-state index contributed by atoms with van der Waals surface area (Å²) < 4.78 is 19.9. The molecule has 0 saturated carbocycles. The lowest BCUT2D eigenvalue weighted by Gasteiger charge is -2.25. The second kappa shape index (κ2) is 7.86. The van der Waals surface area contributed by atoms with E-state index >= 15 is 0 Å². The number of benzene rings is 1. The van der Waals surface area contributed by atoms with Crippen LogP contribution < -0.4 is 0 Å². The van der Waals surface area contributed by atoms with Gasteiger partial charge in [-0.05, 0) is 31.0 Å². The van der Waals surface area contributed by atoms with Crippen molar-refractivity contribution in [1.82, 2.24) is 9.88 Å². The smallest absolute Gasteiger partial charge is 0.146 e. The number of rotatable bonds is 6. The van der Waals surface area contributed by atoms with Gasteiger partial charge in [0.15, 0.2) is 0 Å². The molecular formula is C18H20ClFN2O. The van der Waals surface area contributed by atoms with E-state index in [1.165, 1.54) is 0 Å². The third-order valence-electron chi connectivity index (χ3n) is 4.02. The fourth-order valence-electron chi connectivity index (χ4n) is 2.89. The minimum atomic E-state index is -0.340. The van der Waals surface area contributed by atoms with Crippen LogP contribution in [-0.2, 0) is 17.8 Å². The zero-order chi connectivity index (χ0) is 16.1. The SMILES string of the molecule is Fc1c(Cl)cccc1CN(Cc1ccccn1)CC1CCCO1. The summed E-state index contributed by atoms with van der Waals surface area (Å²) in [4.78, 5) is 6.55. The molecule has 1 aliphatic rings. The Labute approximate surface area is 141 Å². The molecule has 0 N–H and O–H groups in total. The van der Waals surface area contributed by atoms with Crippen molar-refractivity contribution in [2.24, 2.45) is 0 Å². The standard InChI is InChI=1S/C18H20ClFN2O/c19-17-8-3-5-14(18(17)20)11-22(13-16-7-4-10-23-16)12-15-6-1-2-9-21-15/h1-3,5-6,8-9,16H,4,7,10-13H2. The summed E-state index contributed by atoms with van der Waals surface area (Å²) >= 11 is 5.90. The molecule has 1 aromatic heterocycles. The summed E-state index contributed by atoms with van der Waals surface area (Å²) in [6.45, 7) is 2.73. The second-order valence-electron chi connectivity index (χ2n) is 5.84. The van der Waals surface area contributed by atoms with Crippen LogP contribution in [0.25, 0.3) is 0 Å². The maximum absolute atomic E-state index is 14.2. The van der Waals surface area contributed by atoms with Gasteiger partial charge in [-0.1, -0.05) is 29.8 Å². The van der Waals surface area contributed by atoms with Crippen molar-refractivity contribution < 1.29 is 9.13 Å². The Kier molecular flexibility index (Phi) is 5.60. The summed E-state index contributed by atoms with van der Waals surface area (Å²) in [5, 5.41) is 0.164. The Morgan fingerprint density at radius 2 is 2.13 bits per heavy atom. The van der Waals surface area contributed by atoms with E-state index in [0.29, 0.717) is 18.7 Å². The van der Waals surface area contributed by atoms with Crippen molar-refractivity contribution in [3.05, 3.63) is 64.7 Å². The number of halogens is 2. The van der Waals surface area contributed by atoms with E-state index in [2.05, 4.69) is 9.88 Å². The highest BCUT2D eigenvalue weighted by atomic mass is 35.5. The van der Waals surface area contributed by atoms with Gasteiger partial charge in [0, 0.05) is 38.0 Å². The van der Waals surface area contributed by atoms with E-state index in [9.17, 15) is 4.39 Å². The molecule has 0 radical (unpaired) electrons. The molecular weight excluding hydrogens is 315 g/mol. The van der Waals surface area contributed by atoms with E-state index in [1.54, 1.807) is 24.4 Å². The molecule has 0 bridgehead atoms. The number of ether oxygens (including phenoxy) is 1. The van der Waals surface area contributed by atoms with Gasteiger partial charge in [0.1, 0.15) is 5.82 Å². The summed E-state index contributed by atoms with van der Waals surface area (Å²) in [5.41, 5.74) is 1.57. The molecule has 23 heavy (non-hydrogen) atoms. The molecule has 3 nitrogen and oxygen atoms in total. The Balaban J connectivity index is 1.74. The van der Waals surface area contributed by atoms with Gasteiger partial charge < -0.3 is 4.74 Å². The Bertz CT molecular complexity index is 632. The first-order chi connectivity index (χ1) is 11.2. The van der Waals surface area contributed by atoms with Crippen LogP contribution in [0.15, 0.2) is 42.6 Å². The third-order valence-corrected chi connectivity index (χ3v) is 4.32. The molecule has 1 fully saturated rings. The molecule has 1 aromatic carbocycles. The average Bonchev–Trinajstić information content (AvgIpc) is 3.06. The van der Waals surface area contributed by atoms with Crippen LogP contribution >= 0.6 is 11.6 Å². The van der Waals surface area contributed by atoms with E-state index in [0.717, 1.165) is 31.7 Å². The number of nitrogens with zero attached hydrogens (tertiary/aromatic N) is 2. The van der Waals surface area contributed by atoms with Gasteiger partial charge >= 0.3 is 0 Å². The van der Waals surface area contributed by atoms with Crippen LogP contribution in [0.2, 0.25) is 5.02 Å². The molecule has 122 valence electrons. The Morgan fingerprint density at radius 3 is 2.87 bits per heavy atom. The van der Waals surface area contributed by atoms with Crippen LogP contribution in [0.5, 0.6) is 0 Å². The minimum Gasteiger partial charge on any atom is -0.377 e. The monoisotopic (exact) mass is 334 g/mol. The second-order valence-corrected chi connectivity index (χ2v) is 6.25. The van der Waals surface area contributed by atoms with Crippen LogP contribution in [0.3, 0.4) is 0 Å². The largest absolute Gasteiger partial charge is 0.377 e. The van der Waals surface area contributed by atoms with E-state index in [4.69, 9.17) is 16.3 Å². The van der Waals surface area contributed by atoms with Gasteiger partial charge in [-0.25, -0.2) is 4.39 Å². The fourth-order valence-corrected chi connectivity index (χ4v) is 3.09. The quantitative estimate of drug-likeness (QED) is 0.796. The van der Waals surface area contributed by atoms with Crippen molar-refractivity contribution in [3.63, 3.8) is 0 Å². The third kappa shape index (κ3) is 4.50. The number of hydrogen-bond donors (Lipinski definition) is 0. The fraction of sp³-hybridized carbons (Fsp3) is 0.389. The van der Waals surface area contributed by atoms with Crippen LogP contribution in [-0.4, -0.2) is 29.1 Å². The molecule has 1 saturated heterocycles. The maximum Gasteiger partial charge on any atom is 0.146 e. The lowest BCUT2D eigenvalue weighted by Crippen LogP contribution is -2.32. The number of hydrogen-bond acceptors (Lipinski definition) is 3. The molecule has 0 amide bonds. The minimum absolute atomic E-state index is 0.164. The summed E-state index contributed by atoms with van der Waals surface area (Å²) in [6.07, 6.45) is 4.13. The van der Waals surface area contributed by atoms with Crippen LogP contribution in [0, 0.1) is 5.82 Å². The highest BCUT2D eigenvalue weighted by molar-refractivity contribution is 6.30. The highest BCUT2D eigenvalue weighted by Crippen LogP contribution is 2.21. The van der Waals surface area contributed by atoms with Crippen molar-refractivity contribution in [2.45, 2.75) is 32.0 Å². The lowest BCUT2D eigenvalue weighted by atomic mass is 10.1. The van der Waals surface area contributed by atoms with E-state index in [1.807, 2.05) is 18.2 Å². The van der Waals surface area contributed by atoms with Gasteiger partial charge in [0.05, 0.1) is 16.8 Å². The molecule has 1 unspecified atom stereocenters. The first-order valence-electron chi connectivity index (χ1n) is 7.89. The molecule has 3 rings (SSSR count). The summed E-state index contributed by atoms with van der Waals surface area (Å²) in [5.74, 6) is -0.340. The normalized spacial score (nSPS) is 17.8. The number of aromatic nitrogens is 1. The Morgan fingerprint density at radius 1 is 1.22 bits per heavy atom. The maximum atomic E-state index is 14.2. The van der Waals surface area contributed by atoms with E-state index < -0.39 is 0 Å². The highest BCUT2D eigenvalue weighted by Gasteiger charge is 2.21. The van der Waals surface area contributed by atoms with Gasteiger partial charge in [-0.3, -0.25) is 9.88 Å². The predicted octanol–water partition coefficient (Wildman–Crippen LogP) is 4.06.